The van der Waals surface area contributed by atoms with Crippen molar-refractivity contribution in [2.45, 2.75) is 38.8 Å². The normalized spacial score (nSPS) is 16.6. The summed E-state index contributed by atoms with van der Waals surface area (Å²) in [6.07, 6.45) is 0.735. The van der Waals surface area contributed by atoms with Gasteiger partial charge in [-0.15, -0.1) is 0 Å². The minimum atomic E-state index is -1.00. The SMILES string of the molecule is Cc1ccc2c(c1)C(NC(=O)C(C)(C)Oc1ccc(Cl)cc1)CCO2. The van der Waals surface area contributed by atoms with Crippen LogP contribution in [0.2, 0.25) is 5.02 Å². The van der Waals surface area contributed by atoms with E-state index in [1.165, 1.54) is 0 Å². The van der Waals surface area contributed by atoms with Crippen LogP contribution in [0.4, 0.5) is 0 Å². The highest BCUT2D eigenvalue weighted by Gasteiger charge is 2.33. The Morgan fingerprint density at radius 1 is 1.24 bits per heavy atom. The van der Waals surface area contributed by atoms with Crippen molar-refractivity contribution >= 4 is 17.5 Å². The second-order valence-corrected chi connectivity index (χ2v) is 7.21. The standard InChI is InChI=1S/C20H22ClNO3/c1-13-4-9-18-16(12-13)17(10-11-24-18)22-19(23)20(2,3)25-15-7-5-14(21)6-8-15/h4-9,12,17H,10-11H2,1-3H3,(H,22,23). The van der Waals surface area contributed by atoms with Crippen molar-refractivity contribution in [1.29, 1.82) is 0 Å². The van der Waals surface area contributed by atoms with Gasteiger partial charge in [0.15, 0.2) is 5.60 Å². The summed E-state index contributed by atoms with van der Waals surface area (Å²) in [7, 11) is 0. The second-order valence-electron chi connectivity index (χ2n) is 6.77. The van der Waals surface area contributed by atoms with Gasteiger partial charge < -0.3 is 14.8 Å². The molecule has 5 heteroatoms. The van der Waals surface area contributed by atoms with Gasteiger partial charge in [-0.2, -0.15) is 0 Å². The lowest BCUT2D eigenvalue weighted by Crippen LogP contribution is -2.48. The van der Waals surface area contributed by atoms with Crippen LogP contribution in [0, 0.1) is 6.92 Å². The van der Waals surface area contributed by atoms with E-state index in [9.17, 15) is 4.79 Å². The highest BCUT2D eigenvalue weighted by molar-refractivity contribution is 6.30. The first-order chi connectivity index (χ1) is 11.8. The number of rotatable bonds is 4. The maximum Gasteiger partial charge on any atom is 0.264 e. The van der Waals surface area contributed by atoms with Crippen LogP contribution in [0.1, 0.15) is 37.4 Å². The molecule has 1 heterocycles. The Morgan fingerprint density at radius 3 is 2.68 bits per heavy atom. The Kier molecular flexibility index (Phi) is 4.91. The van der Waals surface area contributed by atoms with Gasteiger partial charge in [0, 0.05) is 17.0 Å². The quantitative estimate of drug-likeness (QED) is 0.877. The maximum atomic E-state index is 12.8. The predicted molar refractivity (Wildman–Crippen MR) is 98.3 cm³/mol. The molecule has 1 atom stereocenters. The van der Waals surface area contributed by atoms with Gasteiger partial charge in [-0.25, -0.2) is 0 Å². The van der Waals surface area contributed by atoms with Gasteiger partial charge >= 0.3 is 0 Å². The molecule has 0 spiro atoms. The first kappa shape index (κ1) is 17.6. The Morgan fingerprint density at radius 2 is 1.96 bits per heavy atom. The average molecular weight is 360 g/mol. The zero-order valence-corrected chi connectivity index (χ0v) is 15.4. The third-order valence-corrected chi connectivity index (χ3v) is 4.50. The molecular weight excluding hydrogens is 338 g/mol. The lowest BCUT2D eigenvalue weighted by atomic mass is 9.97. The molecule has 0 saturated carbocycles. The predicted octanol–water partition coefficient (Wildman–Crippen LogP) is 4.45. The zero-order valence-electron chi connectivity index (χ0n) is 14.6. The molecule has 1 unspecified atom stereocenters. The molecule has 132 valence electrons. The molecule has 0 radical (unpaired) electrons. The molecule has 0 fully saturated rings. The van der Waals surface area contributed by atoms with Crippen molar-refractivity contribution in [3.05, 3.63) is 58.6 Å². The number of hydrogen-bond acceptors (Lipinski definition) is 3. The molecule has 1 N–H and O–H groups in total. The largest absolute Gasteiger partial charge is 0.493 e. The topological polar surface area (TPSA) is 47.6 Å². The number of amides is 1. The molecule has 1 aliphatic rings. The van der Waals surface area contributed by atoms with E-state index in [0.29, 0.717) is 17.4 Å². The first-order valence-corrected chi connectivity index (χ1v) is 8.72. The van der Waals surface area contributed by atoms with E-state index in [1.54, 1.807) is 38.1 Å². The number of halogens is 1. The van der Waals surface area contributed by atoms with Gasteiger partial charge in [0.05, 0.1) is 12.6 Å². The van der Waals surface area contributed by atoms with Crippen LogP contribution < -0.4 is 14.8 Å². The first-order valence-electron chi connectivity index (χ1n) is 8.34. The highest BCUT2D eigenvalue weighted by atomic mass is 35.5. The van der Waals surface area contributed by atoms with Crippen molar-refractivity contribution in [1.82, 2.24) is 5.32 Å². The van der Waals surface area contributed by atoms with Gasteiger partial charge in [0.2, 0.25) is 0 Å². The van der Waals surface area contributed by atoms with Gasteiger partial charge in [-0.1, -0.05) is 29.3 Å². The number of benzene rings is 2. The fourth-order valence-corrected chi connectivity index (χ4v) is 2.97. The molecule has 4 nitrogen and oxygen atoms in total. The number of carbonyl (C=O) groups excluding carboxylic acids is 1. The molecule has 0 bridgehead atoms. The summed E-state index contributed by atoms with van der Waals surface area (Å²) >= 11 is 5.89. The van der Waals surface area contributed by atoms with Gasteiger partial charge in [-0.05, 0) is 51.1 Å². The molecule has 1 aliphatic heterocycles. The summed E-state index contributed by atoms with van der Waals surface area (Å²) < 4.78 is 11.6. The average Bonchev–Trinajstić information content (AvgIpc) is 2.57. The van der Waals surface area contributed by atoms with Gasteiger partial charge in [0.25, 0.3) is 5.91 Å². The molecule has 1 amide bonds. The summed E-state index contributed by atoms with van der Waals surface area (Å²) in [6.45, 7) is 6.13. The molecule has 25 heavy (non-hydrogen) atoms. The van der Waals surface area contributed by atoms with E-state index in [2.05, 4.69) is 11.4 Å². The Hall–Kier alpha value is -2.20. The fraction of sp³-hybridized carbons (Fsp3) is 0.350. The third kappa shape index (κ3) is 4.07. The third-order valence-electron chi connectivity index (χ3n) is 4.24. The van der Waals surface area contributed by atoms with Gasteiger partial charge in [-0.3, -0.25) is 4.79 Å². The fourth-order valence-electron chi connectivity index (χ4n) is 2.84. The van der Waals surface area contributed by atoms with Crippen LogP contribution in [-0.2, 0) is 4.79 Å². The number of carbonyl (C=O) groups is 1. The number of hydrogen-bond donors (Lipinski definition) is 1. The number of nitrogens with one attached hydrogen (secondary N) is 1. The van der Waals surface area contributed by atoms with Crippen LogP contribution in [0.15, 0.2) is 42.5 Å². The highest BCUT2D eigenvalue weighted by Crippen LogP contribution is 2.33. The van der Waals surface area contributed by atoms with Crippen LogP contribution in [-0.4, -0.2) is 18.1 Å². The van der Waals surface area contributed by atoms with Crippen LogP contribution >= 0.6 is 11.6 Å². The second kappa shape index (κ2) is 6.96. The summed E-state index contributed by atoms with van der Waals surface area (Å²) in [4.78, 5) is 12.8. The van der Waals surface area contributed by atoms with Crippen molar-refractivity contribution < 1.29 is 14.3 Å². The van der Waals surface area contributed by atoms with Crippen molar-refractivity contribution in [3.63, 3.8) is 0 Å². The van der Waals surface area contributed by atoms with Crippen LogP contribution in [0.3, 0.4) is 0 Å². The molecular formula is C20H22ClNO3. The minimum absolute atomic E-state index is 0.0794. The van der Waals surface area contributed by atoms with Crippen LogP contribution in [0.25, 0.3) is 0 Å². The lowest BCUT2D eigenvalue weighted by Gasteiger charge is -2.31. The molecule has 2 aromatic rings. The minimum Gasteiger partial charge on any atom is -0.493 e. The maximum absolute atomic E-state index is 12.8. The van der Waals surface area contributed by atoms with Crippen molar-refractivity contribution in [3.8, 4) is 11.5 Å². The lowest BCUT2D eigenvalue weighted by molar-refractivity contribution is -0.135. The van der Waals surface area contributed by atoms with E-state index in [0.717, 1.165) is 23.3 Å². The molecule has 2 aromatic carbocycles. The van der Waals surface area contributed by atoms with E-state index >= 15 is 0 Å². The number of aryl methyl sites for hydroxylation is 1. The van der Waals surface area contributed by atoms with Gasteiger partial charge in [0.1, 0.15) is 11.5 Å². The summed E-state index contributed by atoms with van der Waals surface area (Å²) in [5.74, 6) is 1.27. The van der Waals surface area contributed by atoms with E-state index in [4.69, 9.17) is 21.1 Å². The van der Waals surface area contributed by atoms with E-state index in [1.807, 2.05) is 19.1 Å². The zero-order chi connectivity index (χ0) is 18.0. The Bertz CT molecular complexity index is 771. The molecule has 3 rings (SSSR count). The van der Waals surface area contributed by atoms with Crippen LogP contribution in [0.5, 0.6) is 11.5 Å². The van der Waals surface area contributed by atoms with E-state index in [-0.39, 0.29) is 11.9 Å². The Labute approximate surface area is 153 Å². The number of ether oxygens (including phenoxy) is 2. The summed E-state index contributed by atoms with van der Waals surface area (Å²) in [6, 6.07) is 12.9. The molecule has 0 aliphatic carbocycles. The molecule has 0 saturated heterocycles. The molecule has 0 aromatic heterocycles. The summed E-state index contributed by atoms with van der Waals surface area (Å²) in [5.41, 5.74) is 1.15. The van der Waals surface area contributed by atoms with Crippen molar-refractivity contribution in [2.24, 2.45) is 0 Å². The monoisotopic (exact) mass is 359 g/mol. The smallest absolute Gasteiger partial charge is 0.264 e. The van der Waals surface area contributed by atoms with E-state index < -0.39 is 5.60 Å². The summed E-state index contributed by atoms with van der Waals surface area (Å²) in [5, 5.41) is 3.73. The van der Waals surface area contributed by atoms with Crippen molar-refractivity contribution in [2.75, 3.05) is 6.61 Å². The number of fused-ring (bicyclic) bond motifs is 1. The Balaban J connectivity index is 1.73.